The number of carboxylic acids is 1. The van der Waals surface area contributed by atoms with Crippen molar-refractivity contribution in [3.8, 4) is 5.88 Å². The number of anilines is 1. The number of rotatable bonds is 9. The maximum absolute atomic E-state index is 13.7. The normalized spacial score (nSPS) is 13.3. The molecule has 1 aromatic carbocycles. The molecule has 0 aliphatic carbocycles. The molecule has 0 saturated carbocycles. The number of hydrogen-bond acceptors (Lipinski definition) is 10. The summed E-state index contributed by atoms with van der Waals surface area (Å²) in [6, 6.07) is 2.57. The van der Waals surface area contributed by atoms with Crippen molar-refractivity contribution in [1.82, 2.24) is 14.9 Å². The number of carbonyl (C=O) groups is 2. The first-order valence-corrected chi connectivity index (χ1v) is 11.4. The summed E-state index contributed by atoms with van der Waals surface area (Å²) in [5.74, 6) is -2.22. The van der Waals surface area contributed by atoms with Gasteiger partial charge in [0.15, 0.2) is 11.7 Å². The zero-order valence-corrected chi connectivity index (χ0v) is 22.4. The molecule has 1 heterocycles. The summed E-state index contributed by atoms with van der Waals surface area (Å²) in [6.07, 6.45) is 0.734. The highest BCUT2D eigenvalue weighted by Gasteiger charge is 2.30. The molecule has 1 unspecified atom stereocenters. The van der Waals surface area contributed by atoms with Crippen LogP contribution < -0.4 is 16.2 Å². The van der Waals surface area contributed by atoms with Crippen molar-refractivity contribution in [2.45, 2.75) is 45.9 Å². The fraction of sp³-hybridized carbons (Fsp3) is 0.400. The van der Waals surface area contributed by atoms with Crippen LogP contribution in [-0.2, 0) is 16.1 Å². The second-order valence-electron chi connectivity index (χ2n) is 9.16. The van der Waals surface area contributed by atoms with E-state index in [1.54, 1.807) is 34.7 Å². The Labute approximate surface area is 220 Å². The monoisotopic (exact) mass is 532 g/mol. The van der Waals surface area contributed by atoms with E-state index in [9.17, 15) is 19.1 Å². The molecular formula is C25H33FN6O6. The van der Waals surface area contributed by atoms with Gasteiger partial charge in [-0.3, -0.25) is 4.99 Å². The van der Waals surface area contributed by atoms with E-state index in [-0.39, 0.29) is 46.6 Å². The number of aromatic nitrogens is 2. The van der Waals surface area contributed by atoms with E-state index in [1.807, 2.05) is 0 Å². The number of carbonyl (C=O) groups excluding carboxylic acids is 1. The molecule has 1 aromatic heterocycles. The van der Waals surface area contributed by atoms with Gasteiger partial charge in [0.1, 0.15) is 18.0 Å². The zero-order chi connectivity index (χ0) is 28.8. The summed E-state index contributed by atoms with van der Waals surface area (Å²) < 4.78 is 30.1. The molecule has 0 spiro atoms. The van der Waals surface area contributed by atoms with Crippen molar-refractivity contribution < 1.29 is 33.3 Å². The van der Waals surface area contributed by atoms with Crippen molar-refractivity contribution in [3.63, 3.8) is 0 Å². The molecule has 1 amide bonds. The molecule has 0 aliphatic heterocycles. The lowest BCUT2D eigenvalue weighted by Crippen LogP contribution is -2.44. The topological polar surface area (TPSA) is 175 Å². The van der Waals surface area contributed by atoms with E-state index in [0.29, 0.717) is 5.71 Å². The van der Waals surface area contributed by atoms with Crippen LogP contribution in [0.4, 0.5) is 15.0 Å². The lowest BCUT2D eigenvalue weighted by Gasteiger charge is -2.30. The summed E-state index contributed by atoms with van der Waals surface area (Å²) in [7, 11) is 4.41. The lowest BCUT2D eigenvalue weighted by atomic mass is 10.0. The third kappa shape index (κ3) is 7.31. The maximum Gasteiger partial charge on any atom is 0.410 e. The minimum atomic E-state index is -1.25. The summed E-state index contributed by atoms with van der Waals surface area (Å²) >= 11 is 0. The number of nitrogens with zero attached hydrogens (tertiary/aromatic N) is 4. The Hall–Kier alpha value is -4.42. The van der Waals surface area contributed by atoms with Gasteiger partial charge in [0.05, 0.1) is 41.9 Å². The van der Waals surface area contributed by atoms with Crippen LogP contribution >= 0.6 is 0 Å². The third-order valence-electron chi connectivity index (χ3n) is 5.31. The molecule has 0 radical (unpaired) electrons. The predicted octanol–water partition coefficient (Wildman–Crippen LogP) is 3.08. The van der Waals surface area contributed by atoms with Gasteiger partial charge in [-0.25, -0.2) is 23.9 Å². The molecule has 12 nitrogen and oxygen atoms in total. The smallest absolute Gasteiger partial charge is 0.410 e. The van der Waals surface area contributed by atoms with Crippen LogP contribution in [0, 0.1) is 5.82 Å². The predicted molar refractivity (Wildman–Crippen MR) is 139 cm³/mol. The molecular weight excluding hydrogens is 499 g/mol. The van der Waals surface area contributed by atoms with Crippen LogP contribution in [0.15, 0.2) is 35.3 Å². The largest absolute Gasteiger partial charge is 0.482 e. The van der Waals surface area contributed by atoms with E-state index in [4.69, 9.17) is 25.7 Å². The number of nitrogens with two attached hydrogens (primary N) is 2. The van der Waals surface area contributed by atoms with Crippen LogP contribution in [0.3, 0.4) is 0 Å². The molecule has 13 heteroatoms. The third-order valence-corrected chi connectivity index (χ3v) is 5.31. The van der Waals surface area contributed by atoms with Crippen molar-refractivity contribution >= 4 is 29.2 Å². The van der Waals surface area contributed by atoms with Gasteiger partial charge < -0.3 is 35.7 Å². The van der Waals surface area contributed by atoms with Crippen LogP contribution in [0.2, 0.25) is 0 Å². The fourth-order valence-electron chi connectivity index (χ4n) is 3.31. The Balaban J connectivity index is 2.46. The van der Waals surface area contributed by atoms with E-state index < -0.39 is 29.5 Å². The van der Waals surface area contributed by atoms with Gasteiger partial charge in [0.2, 0.25) is 0 Å². The Bertz CT molecular complexity index is 1260. The standard InChI is InChI=1S/C25H33FN6O6/c1-13(32(6)24(35)38-25(2,3)4)19(29-5)18(21(28)36-7)17-11-30-20(27)22(31-17)37-12-14-10-15(26)8-9-16(14)23(33)34/h8-11,13H,12,28H2,1-7H3,(H2,27,30)(H,33,34). The first-order valence-electron chi connectivity index (χ1n) is 11.4. The molecule has 2 aromatic rings. The van der Waals surface area contributed by atoms with Gasteiger partial charge >= 0.3 is 12.1 Å². The van der Waals surface area contributed by atoms with E-state index in [1.165, 1.54) is 25.3 Å². The Morgan fingerprint density at radius 2 is 1.95 bits per heavy atom. The highest BCUT2D eigenvalue weighted by atomic mass is 19.1. The molecule has 0 aliphatic rings. The van der Waals surface area contributed by atoms with Gasteiger partial charge in [0, 0.05) is 19.7 Å². The SMILES string of the molecule is CN=C(C(=C(N)OC)c1cnc(N)c(OCc2cc(F)ccc2C(=O)O)n1)C(C)N(C)C(=O)OC(C)(C)C. The molecule has 2 rings (SSSR count). The average molecular weight is 533 g/mol. The number of ether oxygens (including phenoxy) is 3. The number of amides is 1. The molecule has 5 N–H and O–H groups in total. The molecule has 0 fully saturated rings. The number of aliphatic imine (C=N–C) groups is 1. The van der Waals surface area contributed by atoms with Crippen molar-refractivity contribution in [2.75, 3.05) is 26.9 Å². The van der Waals surface area contributed by atoms with E-state index in [2.05, 4.69) is 15.0 Å². The first-order chi connectivity index (χ1) is 17.7. The number of carboxylic acid groups (broad SMARTS) is 1. The number of hydrogen-bond donors (Lipinski definition) is 3. The van der Waals surface area contributed by atoms with E-state index in [0.717, 1.165) is 18.2 Å². The Kier molecular flexibility index (Phi) is 9.58. The van der Waals surface area contributed by atoms with Gasteiger partial charge in [-0.1, -0.05) is 0 Å². The molecule has 38 heavy (non-hydrogen) atoms. The minimum Gasteiger partial charge on any atom is -0.482 e. The highest BCUT2D eigenvalue weighted by Crippen LogP contribution is 2.26. The van der Waals surface area contributed by atoms with Gasteiger partial charge in [-0.15, -0.1) is 0 Å². The van der Waals surface area contributed by atoms with Gasteiger partial charge in [-0.2, -0.15) is 0 Å². The summed E-state index contributed by atoms with van der Waals surface area (Å²) in [5.41, 5.74) is 12.0. The molecule has 206 valence electrons. The zero-order valence-electron chi connectivity index (χ0n) is 22.4. The number of benzene rings is 1. The number of halogens is 1. The quantitative estimate of drug-likeness (QED) is 0.321. The number of aromatic carboxylic acids is 1. The summed E-state index contributed by atoms with van der Waals surface area (Å²) in [6.45, 7) is 6.62. The molecule has 0 saturated heterocycles. The van der Waals surface area contributed by atoms with Crippen molar-refractivity contribution in [1.29, 1.82) is 0 Å². The minimum absolute atomic E-state index is 0.0692. The number of methoxy groups -OCH3 is 1. The van der Waals surface area contributed by atoms with Crippen LogP contribution in [0.5, 0.6) is 5.88 Å². The summed E-state index contributed by atoms with van der Waals surface area (Å²) in [4.78, 5) is 38.3. The second kappa shape index (κ2) is 12.2. The van der Waals surface area contributed by atoms with Gasteiger partial charge in [0.25, 0.3) is 5.88 Å². The Morgan fingerprint density at radius 1 is 1.29 bits per heavy atom. The lowest BCUT2D eigenvalue weighted by molar-refractivity contribution is 0.0277. The van der Waals surface area contributed by atoms with Crippen molar-refractivity contribution in [3.05, 3.63) is 52.9 Å². The van der Waals surface area contributed by atoms with Crippen molar-refractivity contribution in [2.24, 2.45) is 10.7 Å². The first kappa shape index (κ1) is 29.8. The fourth-order valence-corrected chi connectivity index (χ4v) is 3.31. The second-order valence-corrected chi connectivity index (χ2v) is 9.16. The van der Waals surface area contributed by atoms with Crippen LogP contribution in [0.1, 0.15) is 49.3 Å². The average Bonchev–Trinajstić information content (AvgIpc) is 2.84. The Morgan fingerprint density at radius 3 is 2.50 bits per heavy atom. The molecule has 1 atom stereocenters. The van der Waals surface area contributed by atoms with Gasteiger partial charge in [-0.05, 0) is 45.9 Å². The van der Waals surface area contributed by atoms with Crippen LogP contribution in [0.25, 0.3) is 5.57 Å². The maximum atomic E-state index is 13.7. The van der Waals surface area contributed by atoms with E-state index >= 15 is 0 Å². The summed E-state index contributed by atoms with van der Waals surface area (Å²) in [5, 5.41) is 9.39. The highest BCUT2D eigenvalue weighted by molar-refractivity contribution is 6.26. The molecule has 0 bridgehead atoms. The van der Waals surface area contributed by atoms with Crippen LogP contribution in [-0.4, -0.2) is 70.6 Å². The number of nitrogen functional groups attached to an aromatic ring is 1.